The molecule has 0 aromatic heterocycles. The summed E-state index contributed by atoms with van der Waals surface area (Å²) in [5.41, 5.74) is 1.39. The summed E-state index contributed by atoms with van der Waals surface area (Å²) in [5.74, 6) is 0. The van der Waals surface area contributed by atoms with Crippen molar-refractivity contribution in [3.05, 3.63) is 48.0 Å². The van der Waals surface area contributed by atoms with Gasteiger partial charge in [0.1, 0.15) is 0 Å². The van der Waals surface area contributed by atoms with Crippen molar-refractivity contribution in [2.75, 3.05) is 13.6 Å². The van der Waals surface area contributed by atoms with Crippen LogP contribution in [0.5, 0.6) is 0 Å². The fourth-order valence-electron chi connectivity index (χ4n) is 2.06. The second kappa shape index (κ2) is 4.67. The van der Waals surface area contributed by atoms with Gasteiger partial charge in [0.15, 0.2) is 0 Å². The van der Waals surface area contributed by atoms with Gasteiger partial charge >= 0.3 is 0 Å². The molecule has 2 rings (SSSR count). The highest BCUT2D eigenvalue weighted by Crippen LogP contribution is 2.26. The fraction of sp³-hybridized carbons (Fsp3) is 0.333. The van der Waals surface area contributed by atoms with Gasteiger partial charge in [-0.25, -0.2) is 0 Å². The minimum atomic E-state index is 0.449. The highest BCUT2D eigenvalue weighted by molar-refractivity contribution is 5.85. The van der Waals surface area contributed by atoms with E-state index in [0.29, 0.717) is 6.04 Å². The molecule has 1 unspecified atom stereocenters. The lowest BCUT2D eigenvalue weighted by molar-refractivity contribution is 0.277. The number of rotatable bonds is 3. The zero-order valence-electron chi connectivity index (χ0n) is 10.2. The van der Waals surface area contributed by atoms with Gasteiger partial charge in [0.05, 0.1) is 0 Å². The number of hydrogen-bond acceptors (Lipinski definition) is 1. The standard InChI is InChI=1S/C15H18N/c1-4-16(3)12(2)14-11-7-9-13-8-5-6-10-15(13)14/h5,7-12H,4H2,1-3H3. The largest absolute Gasteiger partial charge is 0.300 e. The first-order valence-electron chi connectivity index (χ1n) is 5.83. The summed E-state index contributed by atoms with van der Waals surface area (Å²) in [4.78, 5) is 2.35. The van der Waals surface area contributed by atoms with Crippen molar-refractivity contribution >= 4 is 10.8 Å². The van der Waals surface area contributed by atoms with Crippen LogP contribution in [-0.2, 0) is 0 Å². The van der Waals surface area contributed by atoms with E-state index >= 15 is 0 Å². The van der Waals surface area contributed by atoms with Crippen LogP contribution >= 0.6 is 0 Å². The summed E-state index contributed by atoms with van der Waals surface area (Å²) in [6.45, 7) is 5.51. The van der Waals surface area contributed by atoms with Gasteiger partial charge in [-0.3, -0.25) is 4.90 Å². The van der Waals surface area contributed by atoms with Crippen LogP contribution in [0.3, 0.4) is 0 Å². The third-order valence-electron chi connectivity index (χ3n) is 3.37. The molecule has 1 atom stereocenters. The van der Waals surface area contributed by atoms with Crippen molar-refractivity contribution in [2.24, 2.45) is 0 Å². The summed E-state index contributed by atoms with van der Waals surface area (Å²) in [6, 6.07) is 16.3. The van der Waals surface area contributed by atoms with Gasteiger partial charge in [0, 0.05) is 6.04 Å². The third kappa shape index (κ3) is 1.96. The molecule has 0 saturated heterocycles. The van der Waals surface area contributed by atoms with Crippen LogP contribution in [0.25, 0.3) is 10.8 Å². The number of nitrogens with zero attached hydrogens (tertiary/aromatic N) is 1. The van der Waals surface area contributed by atoms with Crippen molar-refractivity contribution in [2.45, 2.75) is 19.9 Å². The lowest BCUT2D eigenvalue weighted by Crippen LogP contribution is -2.21. The van der Waals surface area contributed by atoms with Crippen molar-refractivity contribution in [1.82, 2.24) is 4.90 Å². The Morgan fingerprint density at radius 2 is 2.12 bits per heavy atom. The zero-order valence-corrected chi connectivity index (χ0v) is 10.2. The third-order valence-corrected chi connectivity index (χ3v) is 3.37. The number of fused-ring (bicyclic) bond motifs is 1. The van der Waals surface area contributed by atoms with Crippen molar-refractivity contribution in [3.63, 3.8) is 0 Å². The molecule has 16 heavy (non-hydrogen) atoms. The van der Waals surface area contributed by atoms with Gasteiger partial charge in [-0.15, -0.1) is 0 Å². The molecule has 2 aromatic rings. The average molecular weight is 212 g/mol. The molecule has 0 spiro atoms. The summed E-state index contributed by atoms with van der Waals surface area (Å²) >= 11 is 0. The lowest BCUT2D eigenvalue weighted by atomic mass is 9.99. The SMILES string of the molecule is CCN(C)C(C)c1cccc2cc[c]cc12. The molecule has 0 fully saturated rings. The maximum atomic E-state index is 3.17. The van der Waals surface area contributed by atoms with E-state index in [1.807, 2.05) is 6.07 Å². The Morgan fingerprint density at radius 1 is 1.31 bits per heavy atom. The van der Waals surface area contributed by atoms with E-state index in [2.05, 4.69) is 62.2 Å². The van der Waals surface area contributed by atoms with Gasteiger partial charge in [-0.1, -0.05) is 37.3 Å². The molecular formula is C15H18N. The molecule has 0 heterocycles. The Morgan fingerprint density at radius 3 is 2.88 bits per heavy atom. The van der Waals surface area contributed by atoms with Crippen molar-refractivity contribution < 1.29 is 0 Å². The number of benzene rings is 2. The molecule has 0 aliphatic heterocycles. The quantitative estimate of drug-likeness (QED) is 0.750. The van der Waals surface area contributed by atoms with E-state index in [4.69, 9.17) is 0 Å². The Balaban J connectivity index is 2.52. The van der Waals surface area contributed by atoms with E-state index in [1.54, 1.807) is 0 Å². The predicted octanol–water partition coefficient (Wildman–Crippen LogP) is 3.65. The Labute approximate surface area is 97.7 Å². The van der Waals surface area contributed by atoms with Crippen LogP contribution < -0.4 is 0 Å². The second-order valence-electron chi connectivity index (χ2n) is 4.24. The van der Waals surface area contributed by atoms with E-state index in [9.17, 15) is 0 Å². The lowest BCUT2D eigenvalue weighted by Gasteiger charge is -2.24. The maximum Gasteiger partial charge on any atom is 0.0322 e. The van der Waals surface area contributed by atoms with Gasteiger partial charge in [-0.05, 0) is 49.0 Å². The van der Waals surface area contributed by atoms with Gasteiger partial charge in [0.25, 0.3) is 0 Å². The van der Waals surface area contributed by atoms with Gasteiger partial charge in [-0.2, -0.15) is 0 Å². The highest BCUT2D eigenvalue weighted by Gasteiger charge is 2.12. The van der Waals surface area contributed by atoms with Gasteiger partial charge < -0.3 is 0 Å². The van der Waals surface area contributed by atoms with Crippen LogP contribution in [0.4, 0.5) is 0 Å². The number of hydrogen-bond donors (Lipinski definition) is 0. The van der Waals surface area contributed by atoms with Crippen LogP contribution in [-0.4, -0.2) is 18.5 Å². The summed E-state index contributed by atoms with van der Waals surface area (Å²) < 4.78 is 0. The van der Waals surface area contributed by atoms with Gasteiger partial charge in [0.2, 0.25) is 0 Å². The average Bonchev–Trinajstić information content (AvgIpc) is 2.36. The molecule has 83 valence electrons. The maximum absolute atomic E-state index is 3.17. The first-order valence-corrected chi connectivity index (χ1v) is 5.83. The van der Waals surface area contributed by atoms with Crippen LogP contribution in [0.1, 0.15) is 25.5 Å². The monoisotopic (exact) mass is 212 g/mol. The Kier molecular flexibility index (Phi) is 3.25. The first-order chi connectivity index (χ1) is 7.74. The Hall–Kier alpha value is -1.34. The molecule has 0 saturated carbocycles. The predicted molar refractivity (Wildman–Crippen MR) is 69.5 cm³/mol. The minimum absolute atomic E-state index is 0.449. The zero-order chi connectivity index (χ0) is 11.5. The topological polar surface area (TPSA) is 3.24 Å². The molecule has 0 N–H and O–H groups in total. The molecule has 1 heteroatoms. The van der Waals surface area contributed by atoms with Crippen LogP contribution in [0.2, 0.25) is 0 Å². The van der Waals surface area contributed by atoms with Crippen LogP contribution in [0.15, 0.2) is 36.4 Å². The molecule has 0 aliphatic carbocycles. The summed E-state index contributed by atoms with van der Waals surface area (Å²) in [7, 11) is 2.16. The molecule has 2 aromatic carbocycles. The van der Waals surface area contributed by atoms with Crippen molar-refractivity contribution in [3.8, 4) is 0 Å². The van der Waals surface area contributed by atoms with E-state index in [1.165, 1.54) is 16.3 Å². The molecule has 1 nitrogen and oxygen atoms in total. The van der Waals surface area contributed by atoms with E-state index in [0.717, 1.165) is 6.54 Å². The van der Waals surface area contributed by atoms with Crippen molar-refractivity contribution in [1.29, 1.82) is 0 Å². The molecular weight excluding hydrogens is 194 g/mol. The molecule has 0 amide bonds. The van der Waals surface area contributed by atoms with E-state index < -0.39 is 0 Å². The fourth-order valence-corrected chi connectivity index (χ4v) is 2.06. The summed E-state index contributed by atoms with van der Waals surface area (Å²) in [5, 5.41) is 2.62. The van der Waals surface area contributed by atoms with E-state index in [-0.39, 0.29) is 0 Å². The smallest absolute Gasteiger partial charge is 0.0322 e. The minimum Gasteiger partial charge on any atom is -0.300 e. The highest BCUT2D eigenvalue weighted by atomic mass is 15.1. The molecule has 1 radical (unpaired) electrons. The molecule has 0 aliphatic rings. The first kappa shape index (κ1) is 11.2. The summed E-state index contributed by atoms with van der Waals surface area (Å²) in [6.07, 6.45) is 0. The second-order valence-corrected chi connectivity index (χ2v) is 4.24. The normalized spacial score (nSPS) is 13.2. The van der Waals surface area contributed by atoms with Crippen LogP contribution in [0, 0.1) is 6.07 Å². The Bertz CT molecular complexity index is 470. The molecule has 0 bridgehead atoms.